The molecule has 26 heavy (non-hydrogen) atoms. The average molecular weight is 429 g/mol. The normalized spacial score (nSPS) is 10.2. The van der Waals surface area contributed by atoms with Crippen molar-refractivity contribution in [2.75, 3.05) is 6.54 Å². The summed E-state index contributed by atoms with van der Waals surface area (Å²) in [5.41, 5.74) is 1.22. The highest BCUT2D eigenvalue weighted by molar-refractivity contribution is 5.75. The average Bonchev–Trinajstić information content (AvgIpc) is 2.59. The highest BCUT2D eigenvalue weighted by Gasteiger charge is 2.05. The number of rotatable bonds is 14. The number of aryl methyl sites for hydroxylation is 2. The van der Waals surface area contributed by atoms with Crippen molar-refractivity contribution in [1.82, 2.24) is 5.32 Å². The Labute approximate surface area is 168 Å². The van der Waals surface area contributed by atoms with E-state index < -0.39 is 5.97 Å². The lowest BCUT2D eigenvalue weighted by molar-refractivity contribution is -0.695. The zero-order chi connectivity index (χ0) is 18.3. The fraction of sp³-hybridized carbons (Fsp3) is 0.650. The van der Waals surface area contributed by atoms with Crippen LogP contribution in [0.5, 0.6) is 0 Å². The third-order valence-corrected chi connectivity index (χ3v) is 4.29. The Morgan fingerprint density at radius 2 is 1.46 bits per heavy atom. The van der Waals surface area contributed by atoms with Crippen molar-refractivity contribution in [3.8, 4) is 0 Å². The fourth-order valence-corrected chi connectivity index (χ4v) is 2.69. The number of carbonyl (C=O) groups excluding carboxylic acids is 1. The van der Waals surface area contributed by atoms with Crippen LogP contribution in [-0.2, 0) is 16.1 Å². The lowest BCUT2D eigenvalue weighted by Crippen LogP contribution is -3.00. The number of carbonyl (C=O) groups is 2. The number of hydrogen-bond donors (Lipinski definition) is 2. The van der Waals surface area contributed by atoms with Crippen molar-refractivity contribution in [3.63, 3.8) is 0 Å². The summed E-state index contributed by atoms with van der Waals surface area (Å²) >= 11 is 0. The standard InChI is InChI=1S/C20H32N2O3.BrH/c1-18-11-15-22(16-12-18)17-13-19(23)21-14-9-7-5-3-2-4-6-8-10-20(24)25;/h11-12,15-16H,2-10,13-14,17H2,1H3,(H-,21,23,24,25);1H. The number of unbranched alkanes of at least 4 members (excludes halogenated alkanes) is 7. The summed E-state index contributed by atoms with van der Waals surface area (Å²) in [6, 6.07) is 4.09. The topological polar surface area (TPSA) is 70.3 Å². The molecule has 0 aromatic carbocycles. The van der Waals surface area contributed by atoms with Gasteiger partial charge in [0.15, 0.2) is 18.9 Å². The second-order valence-electron chi connectivity index (χ2n) is 6.69. The van der Waals surface area contributed by atoms with Gasteiger partial charge >= 0.3 is 5.97 Å². The van der Waals surface area contributed by atoms with Crippen LogP contribution in [0.25, 0.3) is 0 Å². The molecule has 0 bridgehead atoms. The molecule has 0 atom stereocenters. The van der Waals surface area contributed by atoms with Gasteiger partial charge in [-0.1, -0.05) is 38.5 Å². The number of aromatic nitrogens is 1. The van der Waals surface area contributed by atoms with Gasteiger partial charge < -0.3 is 27.4 Å². The number of aliphatic carboxylic acids is 1. The Morgan fingerprint density at radius 3 is 2.04 bits per heavy atom. The maximum atomic E-state index is 11.8. The molecule has 1 rings (SSSR count). The summed E-state index contributed by atoms with van der Waals surface area (Å²) in [7, 11) is 0. The molecule has 1 aromatic heterocycles. The smallest absolute Gasteiger partial charge is 0.303 e. The van der Waals surface area contributed by atoms with Crippen LogP contribution < -0.4 is 26.9 Å². The molecule has 0 fully saturated rings. The van der Waals surface area contributed by atoms with Gasteiger partial charge in [-0.15, -0.1) is 0 Å². The number of nitrogens with one attached hydrogen (secondary N) is 1. The van der Waals surface area contributed by atoms with Crippen LogP contribution in [0.1, 0.15) is 69.8 Å². The molecule has 0 aliphatic carbocycles. The quantitative estimate of drug-likeness (QED) is 0.332. The monoisotopic (exact) mass is 428 g/mol. The fourth-order valence-electron chi connectivity index (χ4n) is 2.69. The molecule has 5 nitrogen and oxygen atoms in total. The highest BCUT2D eigenvalue weighted by atomic mass is 79.9. The summed E-state index contributed by atoms with van der Waals surface area (Å²) in [4.78, 5) is 22.2. The minimum absolute atomic E-state index is 0. The second kappa shape index (κ2) is 15.8. The molecule has 0 saturated heterocycles. The van der Waals surface area contributed by atoms with E-state index in [1.807, 2.05) is 29.1 Å². The molecule has 0 saturated carbocycles. The molecular weight excluding hydrogens is 396 g/mol. The minimum atomic E-state index is -0.695. The van der Waals surface area contributed by atoms with Crippen molar-refractivity contribution in [1.29, 1.82) is 0 Å². The molecule has 1 amide bonds. The first-order chi connectivity index (χ1) is 12.1. The van der Waals surface area contributed by atoms with E-state index >= 15 is 0 Å². The Bertz CT molecular complexity index is 506. The predicted octanol–water partition coefficient (Wildman–Crippen LogP) is 0.388. The van der Waals surface area contributed by atoms with Crippen molar-refractivity contribution in [2.45, 2.75) is 77.7 Å². The Balaban J connectivity index is 0.00000625. The number of carboxylic acids is 1. The minimum Gasteiger partial charge on any atom is -1.00 e. The number of pyridine rings is 1. The highest BCUT2D eigenvalue weighted by Crippen LogP contribution is 2.09. The number of carboxylic acid groups (broad SMARTS) is 1. The van der Waals surface area contributed by atoms with Gasteiger partial charge in [0.05, 0.1) is 6.42 Å². The summed E-state index contributed by atoms with van der Waals surface area (Å²) in [6.07, 6.45) is 13.5. The zero-order valence-corrected chi connectivity index (χ0v) is 17.5. The zero-order valence-electron chi connectivity index (χ0n) is 15.9. The molecule has 6 heteroatoms. The van der Waals surface area contributed by atoms with Gasteiger partial charge in [-0.25, -0.2) is 4.57 Å². The van der Waals surface area contributed by atoms with Gasteiger partial charge in [-0.2, -0.15) is 0 Å². The van der Waals surface area contributed by atoms with E-state index in [9.17, 15) is 9.59 Å². The van der Waals surface area contributed by atoms with Crippen LogP contribution in [0.4, 0.5) is 0 Å². The molecule has 1 heterocycles. The molecule has 1 aromatic rings. The predicted molar refractivity (Wildman–Crippen MR) is 98.2 cm³/mol. The van der Waals surface area contributed by atoms with E-state index in [1.165, 1.54) is 24.8 Å². The summed E-state index contributed by atoms with van der Waals surface area (Å²) < 4.78 is 2.03. The molecule has 0 radical (unpaired) electrons. The third kappa shape index (κ3) is 13.8. The number of halogens is 1. The molecule has 0 spiro atoms. The van der Waals surface area contributed by atoms with Gasteiger partial charge in [0.25, 0.3) is 0 Å². The third-order valence-electron chi connectivity index (χ3n) is 4.29. The SMILES string of the molecule is Cc1cc[n+](CCC(=O)NCCCCCCCCCCC(=O)O)cc1.[Br-]. The number of nitrogens with zero attached hydrogens (tertiary/aromatic N) is 1. The van der Waals surface area contributed by atoms with Gasteiger partial charge in [-0.05, 0) is 25.3 Å². The van der Waals surface area contributed by atoms with Crippen LogP contribution in [-0.4, -0.2) is 23.5 Å². The molecule has 0 aliphatic heterocycles. The van der Waals surface area contributed by atoms with E-state index in [0.29, 0.717) is 19.4 Å². The van der Waals surface area contributed by atoms with Gasteiger partial charge in [0, 0.05) is 25.1 Å². The molecule has 2 N–H and O–H groups in total. The molecular formula is C20H33BrN2O3. The first-order valence-corrected chi connectivity index (χ1v) is 9.52. The number of hydrogen-bond acceptors (Lipinski definition) is 2. The van der Waals surface area contributed by atoms with E-state index in [-0.39, 0.29) is 22.9 Å². The molecule has 0 aliphatic rings. The Morgan fingerprint density at radius 1 is 0.923 bits per heavy atom. The summed E-state index contributed by atoms with van der Waals surface area (Å²) in [5, 5.41) is 11.5. The van der Waals surface area contributed by atoms with Gasteiger partial charge in [-0.3, -0.25) is 9.59 Å². The van der Waals surface area contributed by atoms with E-state index in [2.05, 4.69) is 12.2 Å². The van der Waals surface area contributed by atoms with E-state index in [1.54, 1.807) is 0 Å². The maximum Gasteiger partial charge on any atom is 0.303 e. The first-order valence-electron chi connectivity index (χ1n) is 9.52. The van der Waals surface area contributed by atoms with Gasteiger partial charge in [0.1, 0.15) is 0 Å². The van der Waals surface area contributed by atoms with Gasteiger partial charge in [0.2, 0.25) is 5.91 Å². The van der Waals surface area contributed by atoms with Crippen molar-refractivity contribution < 1.29 is 36.2 Å². The lowest BCUT2D eigenvalue weighted by atomic mass is 10.1. The van der Waals surface area contributed by atoms with Crippen molar-refractivity contribution in [3.05, 3.63) is 30.1 Å². The molecule has 0 unspecified atom stereocenters. The first kappa shape index (κ1) is 24.6. The van der Waals surface area contributed by atoms with Crippen LogP contribution in [0.2, 0.25) is 0 Å². The van der Waals surface area contributed by atoms with Crippen molar-refractivity contribution in [2.24, 2.45) is 0 Å². The summed E-state index contributed by atoms with van der Waals surface area (Å²) in [5.74, 6) is -0.578. The Hall–Kier alpha value is -1.43. The van der Waals surface area contributed by atoms with Crippen LogP contribution >= 0.6 is 0 Å². The maximum absolute atomic E-state index is 11.8. The Kier molecular flexibility index (Phi) is 14.9. The van der Waals surface area contributed by atoms with Crippen LogP contribution in [0, 0.1) is 6.92 Å². The lowest BCUT2D eigenvalue weighted by Gasteiger charge is -2.04. The largest absolute Gasteiger partial charge is 1.00 e. The molecule has 148 valence electrons. The summed E-state index contributed by atoms with van der Waals surface area (Å²) in [6.45, 7) is 3.53. The second-order valence-corrected chi connectivity index (χ2v) is 6.69. The number of amides is 1. The van der Waals surface area contributed by atoms with E-state index in [0.717, 1.165) is 38.6 Å². The van der Waals surface area contributed by atoms with Crippen molar-refractivity contribution >= 4 is 11.9 Å². The van der Waals surface area contributed by atoms with E-state index in [4.69, 9.17) is 5.11 Å². The van der Waals surface area contributed by atoms with Crippen LogP contribution in [0.3, 0.4) is 0 Å². The van der Waals surface area contributed by atoms with Crippen LogP contribution in [0.15, 0.2) is 24.5 Å².